The fraction of sp³-hybridized carbons (Fsp3) is 0.600. The van der Waals surface area contributed by atoms with Crippen molar-refractivity contribution in [2.45, 2.75) is 32.4 Å². The van der Waals surface area contributed by atoms with Gasteiger partial charge in [0, 0.05) is 30.8 Å². The quantitative estimate of drug-likeness (QED) is 0.278. The molecule has 0 bridgehead atoms. The van der Waals surface area contributed by atoms with E-state index >= 15 is 0 Å². The summed E-state index contributed by atoms with van der Waals surface area (Å²) >= 11 is 1.35. The number of carboxylic acid groups (broad SMARTS) is 1. The van der Waals surface area contributed by atoms with Crippen molar-refractivity contribution in [3.63, 3.8) is 0 Å². The molecular formula is C15H21NO6S. The van der Waals surface area contributed by atoms with Gasteiger partial charge in [0.2, 0.25) is 5.91 Å². The minimum absolute atomic E-state index is 0.0233. The number of aliphatic carboxylic acids is 1. The number of ketones is 1. The molecule has 1 aliphatic carbocycles. The summed E-state index contributed by atoms with van der Waals surface area (Å²) in [7, 11) is 0. The second kappa shape index (κ2) is 9.34. The standard InChI is InChI=1S/C15H21NO6S/c1-3-13(16-9(2)17)22-14(19)6-7-23-8-11-10(15(20)21)4-5-12(11)18/h3,10-11,13H,1,4-8H2,2H3,(H,16,17)(H,20,21). The third-order valence-corrected chi connectivity index (χ3v) is 4.57. The van der Waals surface area contributed by atoms with Gasteiger partial charge in [-0.25, -0.2) is 0 Å². The van der Waals surface area contributed by atoms with Gasteiger partial charge in [0.25, 0.3) is 0 Å². The summed E-state index contributed by atoms with van der Waals surface area (Å²) in [5.74, 6) is -2.09. The Bertz CT molecular complexity index is 492. The van der Waals surface area contributed by atoms with Gasteiger partial charge in [-0.1, -0.05) is 6.58 Å². The number of esters is 1. The second-order valence-electron chi connectivity index (χ2n) is 5.23. The molecule has 0 radical (unpaired) electrons. The van der Waals surface area contributed by atoms with Crippen molar-refractivity contribution < 1.29 is 29.0 Å². The summed E-state index contributed by atoms with van der Waals surface area (Å²) in [5, 5.41) is 11.5. The Hall–Kier alpha value is -1.83. The summed E-state index contributed by atoms with van der Waals surface area (Å²) in [4.78, 5) is 45.3. The van der Waals surface area contributed by atoms with Crippen molar-refractivity contribution in [3.8, 4) is 0 Å². The molecule has 7 nitrogen and oxygen atoms in total. The first kappa shape index (κ1) is 19.2. The minimum Gasteiger partial charge on any atom is -0.481 e. The molecule has 2 N–H and O–H groups in total. The third-order valence-electron chi connectivity index (χ3n) is 3.48. The average Bonchev–Trinajstić information content (AvgIpc) is 2.83. The lowest BCUT2D eigenvalue weighted by atomic mass is 9.98. The number of thioether (sulfide) groups is 1. The molecule has 3 unspecified atom stereocenters. The lowest BCUT2D eigenvalue weighted by Gasteiger charge is -2.15. The largest absolute Gasteiger partial charge is 0.481 e. The zero-order valence-electron chi connectivity index (χ0n) is 12.9. The molecule has 128 valence electrons. The summed E-state index contributed by atoms with van der Waals surface area (Å²) in [6.07, 6.45) is 1.24. The van der Waals surface area contributed by atoms with E-state index in [0.717, 1.165) is 0 Å². The first-order valence-corrected chi connectivity index (χ1v) is 8.43. The topological polar surface area (TPSA) is 110 Å². The molecule has 0 aromatic rings. The molecule has 1 saturated carbocycles. The van der Waals surface area contributed by atoms with E-state index in [2.05, 4.69) is 11.9 Å². The van der Waals surface area contributed by atoms with Crippen LogP contribution in [-0.2, 0) is 23.9 Å². The molecule has 0 saturated heterocycles. The molecule has 1 aliphatic rings. The van der Waals surface area contributed by atoms with E-state index in [1.807, 2.05) is 0 Å². The molecule has 0 aromatic carbocycles. The fourth-order valence-corrected chi connectivity index (χ4v) is 3.47. The van der Waals surface area contributed by atoms with E-state index in [1.54, 1.807) is 0 Å². The normalized spacial score (nSPS) is 21.5. The number of hydrogen-bond acceptors (Lipinski definition) is 6. The highest BCUT2D eigenvalue weighted by molar-refractivity contribution is 7.99. The van der Waals surface area contributed by atoms with Crippen molar-refractivity contribution in [2.24, 2.45) is 11.8 Å². The highest BCUT2D eigenvalue weighted by atomic mass is 32.2. The van der Waals surface area contributed by atoms with Crippen molar-refractivity contribution in [1.82, 2.24) is 5.32 Å². The molecule has 0 aliphatic heterocycles. The Balaban J connectivity index is 2.29. The number of ether oxygens (including phenoxy) is 1. The molecule has 0 spiro atoms. The predicted octanol–water partition coefficient (Wildman–Crippen LogP) is 0.981. The smallest absolute Gasteiger partial charge is 0.308 e. The number of carboxylic acids is 1. The van der Waals surface area contributed by atoms with E-state index < -0.39 is 30.0 Å². The van der Waals surface area contributed by atoms with Gasteiger partial charge in [-0.15, -0.1) is 0 Å². The van der Waals surface area contributed by atoms with Gasteiger partial charge in [0.15, 0.2) is 6.23 Å². The number of rotatable bonds is 9. The number of nitrogens with one attached hydrogen (secondary N) is 1. The van der Waals surface area contributed by atoms with Crippen LogP contribution in [0.4, 0.5) is 0 Å². The molecule has 0 aromatic heterocycles. The minimum atomic E-state index is -0.940. The maximum Gasteiger partial charge on any atom is 0.308 e. The summed E-state index contributed by atoms with van der Waals surface area (Å²) in [6.45, 7) is 4.76. The van der Waals surface area contributed by atoms with Crippen LogP contribution in [0.25, 0.3) is 0 Å². The number of carbonyl (C=O) groups excluding carboxylic acids is 3. The number of Topliss-reactive ketones (excluding diaryl/α,β-unsaturated/α-hetero) is 1. The maximum atomic E-state index is 11.7. The lowest BCUT2D eigenvalue weighted by molar-refractivity contribution is -0.148. The molecule has 1 rings (SSSR count). The number of carbonyl (C=O) groups is 4. The molecule has 23 heavy (non-hydrogen) atoms. The van der Waals surface area contributed by atoms with Crippen LogP contribution in [0.2, 0.25) is 0 Å². The zero-order valence-corrected chi connectivity index (χ0v) is 13.8. The third kappa shape index (κ3) is 6.43. The summed E-state index contributed by atoms with van der Waals surface area (Å²) in [6, 6.07) is 0. The average molecular weight is 343 g/mol. The van der Waals surface area contributed by atoms with Crippen LogP contribution in [0.3, 0.4) is 0 Å². The monoisotopic (exact) mass is 343 g/mol. The summed E-state index contributed by atoms with van der Waals surface area (Å²) < 4.78 is 5.00. The van der Waals surface area contributed by atoms with E-state index in [0.29, 0.717) is 24.3 Å². The van der Waals surface area contributed by atoms with Crippen LogP contribution in [0, 0.1) is 11.8 Å². The van der Waals surface area contributed by atoms with E-state index in [9.17, 15) is 19.2 Å². The van der Waals surface area contributed by atoms with Crippen LogP contribution in [0.15, 0.2) is 12.7 Å². The Morgan fingerprint density at radius 3 is 2.78 bits per heavy atom. The van der Waals surface area contributed by atoms with Gasteiger partial charge in [-0.2, -0.15) is 11.8 Å². The van der Waals surface area contributed by atoms with Crippen LogP contribution in [0.1, 0.15) is 26.2 Å². The van der Waals surface area contributed by atoms with Gasteiger partial charge in [0.05, 0.1) is 12.3 Å². The Kier molecular flexibility index (Phi) is 7.80. The van der Waals surface area contributed by atoms with Crippen molar-refractivity contribution in [1.29, 1.82) is 0 Å². The highest BCUT2D eigenvalue weighted by Gasteiger charge is 2.38. The first-order chi connectivity index (χ1) is 10.8. The maximum absolute atomic E-state index is 11.7. The predicted molar refractivity (Wildman–Crippen MR) is 84.7 cm³/mol. The first-order valence-electron chi connectivity index (χ1n) is 7.27. The number of amides is 1. The molecule has 1 amide bonds. The molecule has 8 heteroatoms. The van der Waals surface area contributed by atoms with Crippen LogP contribution in [-0.4, -0.2) is 46.5 Å². The fourth-order valence-electron chi connectivity index (χ4n) is 2.32. The van der Waals surface area contributed by atoms with Gasteiger partial charge < -0.3 is 15.2 Å². The van der Waals surface area contributed by atoms with Gasteiger partial charge in [-0.05, 0) is 12.5 Å². The van der Waals surface area contributed by atoms with Crippen LogP contribution < -0.4 is 5.32 Å². The van der Waals surface area contributed by atoms with Gasteiger partial charge >= 0.3 is 11.9 Å². The molecule has 1 fully saturated rings. The van der Waals surface area contributed by atoms with Crippen LogP contribution >= 0.6 is 11.8 Å². The van der Waals surface area contributed by atoms with Crippen LogP contribution in [0.5, 0.6) is 0 Å². The van der Waals surface area contributed by atoms with E-state index in [4.69, 9.17) is 9.84 Å². The van der Waals surface area contributed by atoms with Crippen molar-refractivity contribution in [3.05, 3.63) is 12.7 Å². The van der Waals surface area contributed by atoms with Crippen molar-refractivity contribution in [2.75, 3.05) is 11.5 Å². The van der Waals surface area contributed by atoms with Gasteiger partial charge in [-0.3, -0.25) is 19.2 Å². The zero-order chi connectivity index (χ0) is 17.4. The Morgan fingerprint density at radius 2 is 2.22 bits per heavy atom. The lowest BCUT2D eigenvalue weighted by Crippen LogP contribution is -2.35. The molecular weight excluding hydrogens is 322 g/mol. The van der Waals surface area contributed by atoms with Crippen molar-refractivity contribution >= 4 is 35.4 Å². The summed E-state index contributed by atoms with van der Waals surface area (Å²) in [5.41, 5.74) is 0. The van der Waals surface area contributed by atoms with Gasteiger partial charge in [0.1, 0.15) is 5.78 Å². The SMILES string of the molecule is C=CC(NC(C)=O)OC(=O)CCSCC1C(=O)CCC1C(=O)O. The highest BCUT2D eigenvalue weighted by Crippen LogP contribution is 2.31. The Labute approximate surface area is 138 Å². The second-order valence-corrected chi connectivity index (χ2v) is 6.38. The molecule has 3 atom stereocenters. The Morgan fingerprint density at radius 1 is 1.52 bits per heavy atom. The molecule has 0 heterocycles. The number of hydrogen-bond donors (Lipinski definition) is 2. The van der Waals surface area contributed by atoms with E-state index in [-0.39, 0.29) is 18.1 Å². The van der Waals surface area contributed by atoms with E-state index in [1.165, 1.54) is 24.8 Å².